The normalized spacial score (nSPS) is 10.4. The van der Waals surface area contributed by atoms with Crippen molar-refractivity contribution in [3.63, 3.8) is 0 Å². The fourth-order valence-electron chi connectivity index (χ4n) is 1.61. The van der Waals surface area contributed by atoms with Gasteiger partial charge in [-0.1, -0.05) is 0 Å². The first-order valence-corrected chi connectivity index (χ1v) is 6.72. The van der Waals surface area contributed by atoms with Crippen LogP contribution in [-0.2, 0) is 6.54 Å². The molecule has 0 aliphatic heterocycles. The molecule has 0 bridgehead atoms. The predicted molar refractivity (Wildman–Crippen MR) is 73.8 cm³/mol. The lowest BCUT2D eigenvalue weighted by Gasteiger charge is -2.17. The summed E-state index contributed by atoms with van der Waals surface area (Å²) in [5, 5.41) is 3.91. The minimum atomic E-state index is -0.519. The molecule has 2 aromatic rings. The summed E-state index contributed by atoms with van der Waals surface area (Å²) in [6.45, 7) is 0.471. The Morgan fingerprint density at radius 2 is 2.22 bits per heavy atom. The predicted octanol–water partition coefficient (Wildman–Crippen LogP) is 3.45. The zero-order valence-electron chi connectivity index (χ0n) is 9.76. The fourth-order valence-corrected chi connectivity index (χ4v) is 2.47. The Kier molecular flexibility index (Phi) is 4.04. The van der Waals surface area contributed by atoms with E-state index >= 15 is 0 Å². The summed E-state index contributed by atoms with van der Waals surface area (Å²) in [4.78, 5) is 14.2. The van der Waals surface area contributed by atoms with Gasteiger partial charge in [-0.25, -0.2) is 4.39 Å². The molecule has 0 saturated heterocycles. The van der Waals surface area contributed by atoms with Gasteiger partial charge in [-0.3, -0.25) is 4.79 Å². The molecule has 1 heterocycles. The van der Waals surface area contributed by atoms with Gasteiger partial charge in [0.05, 0.1) is 5.56 Å². The van der Waals surface area contributed by atoms with Crippen molar-refractivity contribution in [2.24, 2.45) is 0 Å². The molecule has 2 nitrogen and oxygen atoms in total. The summed E-state index contributed by atoms with van der Waals surface area (Å²) >= 11 is 5.69. The summed E-state index contributed by atoms with van der Waals surface area (Å²) in [7, 11) is 1.66. The standard InChI is InChI=1S/C13H12FNOS2/c1-15(7-9-4-5-18-8-9)13(16)11-6-10(17)2-3-12(11)14/h2-6,8,17H,7H2,1H3. The summed E-state index contributed by atoms with van der Waals surface area (Å²) in [6, 6.07) is 6.17. The molecular formula is C13H12FNOS2. The van der Waals surface area contributed by atoms with Crippen LogP contribution in [-0.4, -0.2) is 17.9 Å². The Bertz CT molecular complexity index is 554. The van der Waals surface area contributed by atoms with E-state index in [1.54, 1.807) is 18.4 Å². The molecule has 0 saturated carbocycles. The van der Waals surface area contributed by atoms with Gasteiger partial charge in [-0.05, 0) is 40.6 Å². The maximum Gasteiger partial charge on any atom is 0.256 e. The molecule has 2 rings (SSSR count). The molecular weight excluding hydrogens is 269 g/mol. The van der Waals surface area contributed by atoms with Crippen LogP contribution in [0.1, 0.15) is 15.9 Å². The summed E-state index contributed by atoms with van der Waals surface area (Å²) in [6.07, 6.45) is 0. The van der Waals surface area contributed by atoms with Crippen LogP contribution in [0.5, 0.6) is 0 Å². The molecule has 0 atom stereocenters. The SMILES string of the molecule is CN(Cc1ccsc1)C(=O)c1cc(S)ccc1F. The van der Waals surface area contributed by atoms with Gasteiger partial charge in [0.1, 0.15) is 5.82 Å². The largest absolute Gasteiger partial charge is 0.337 e. The van der Waals surface area contributed by atoms with E-state index in [2.05, 4.69) is 12.6 Å². The zero-order chi connectivity index (χ0) is 13.1. The van der Waals surface area contributed by atoms with Crippen LogP contribution in [0.15, 0.2) is 39.9 Å². The zero-order valence-corrected chi connectivity index (χ0v) is 11.5. The molecule has 1 aromatic heterocycles. The van der Waals surface area contributed by atoms with Crippen molar-refractivity contribution in [1.82, 2.24) is 4.90 Å². The fraction of sp³-hybridized carbons (Fsp3) is 0.154. The highest BCUT2D eigenvalue weighted by atomic mass is 32.1. The highest BCUT2D eigenvalue weighted by molar-refractivity contribution is 7.80. The van der Waals surface area contributed by atoms with E-state index in [1.807, 2.05) is 16.8 Å². The van der Waals surface area contributed by atoms with Crippen molar-refractivity contribution in [1.29, 1.82) is 0 Å². The first-order chi connectivity index (χ1) is 8.58. The van der Waals surface area contributed by atoms with E-state index in [0.29, 0.717) is 11.4 Å². The van der Waals surface area contributed by atoms with Gasteiger partial charge in [-0.2, -0.15) is 11.3 Å². The molecule has 94 valence electrons. The summed E-state index contributed by atoms with van der Waals surface area (Å²) < 4.78 is 13.6. The first-order valence-electron chi connectivity index (χ1n) is 5.33. The maximum atomic E-state index is 13.6. The molecule has 18 heavy (non-hydrogen) atoms. The van der Waals surface area contributed by atoms with Gasteiger partial charge >= 0.3 is 0 Å². The van der Waals surface area contributed by atoms with Crippen LogP contribution >= 0.6 is 24.0 Å². The van der Waals surface area contributed by atoms with Crippen molar-refractivity contribution in [3.8, 4) is 0 Å². The number of rotatable bonds is 3. The van der Waals surface area contributed by atoms with Crippen molar-refractivity contribution >= 4 is 29.9 Å². The van der Waals surface area contributed by atoms with E-state index in [4.69, 9.17) is 0 Å². The Hall–Kier alpha value is -1.33. The Balaban J connectivity index is 2.17. The number of thiophene rings is 1. The second kappa shape index (κ2) is 5.54. The van der Waals surface area contributed by atoms with Gasteiger partial charge in [0, 0.05) is 18.5 Å². The van der Waals surface area contributed by atoms with Crippen molar-refractivity contribution in [3.05, 3.63) is 52.0 Å². The minimum Gasteiger partial charge on any atom is -0.337 e. The average molecular weight is 281 g/mol. The van der Waals surface area contributed by atoms with Crippen LogP contribution in [0.25, 0.3) is 0 Å². The summed E-state index contributed by atoms with van der Waals surface area (Å²) in [5.41, 5.74) is 1.10. The van der Waals surface area contributed by atoms with Crippen LogP contribution < -0.4 is 0 Å². The van der Waals surface area contributed by atoms with Crippen molar-refractivity contribution in [2.45, 2.75) is 11.4 Å². The second-order valence-electron chi connectivity index (χ2n) is 3.96. The van der Waals surface area contributed by atoms with Crippen molar-refractivity contribution < 1.29 is 9.18 Å². The smallest absolute Gasteiger partial charge is 0.256 e. The number of benzene rings is 1. The number of thiol groups is 1. The molecule has 1 amide bonds. The number of carbonyl (C=O) groups is 1. The van der Waals surface area contributed by atoms with E-state index in [1.165, 1.54) is 23.1 Å². The van der Waals surface area contributed by atoms with Crippen LogP contribution in [0.3, 0.4) is 0 Å². The lowest BCUT2D eigenvalue weighted by Crippen LogP contribution is -2.26. The van der Waals surface area contributed by atoms with Crippen molar-refractivity contribution in [2.75, 3.05) is 7.05 Å². The first kappa shape index (κ1) is 13.1. The number of hydrogen-bond acceptors (Lipinski definition) is 3. The molecule has 0 radical (unpaired) electrons. The number of amides is 1. The molecule has 1 aromatic carbocycles. The minimum absolute atomic E-state index is 0.0558. The van der Waals surface area contributed by atoms with E-state index < -0.39 is 5.82 Å². The molecule has 5 heteroatoms. The number of hydrogen-bond donors (Lipinski definition) is 1. The van der Waals surface area contributed by atoms with Crippen LogP contribution in [0, 0.1) is 5.82 Å². The van der Waals surface area contributed by atoms with Crippen LogP contribution in [0.4, 0.5) is 4.39 Å². The lowest BCUT2D eigenvalue weighted by molar-refractivity contribution is 0.0780. The average Bonchev–Trinajstić information content (AvgIpc) is 2.84. The third kappa shape index (κ3) is 2.91. The highest BCUT2D eigenvalue weighted by Crippen LogP contribution is 2.17. The monoisotopic (exact) mass is 281 g/mol. The Labute approximate surface area is 114 Å². The number of carbonyl (C=O) groups excluding carboxylic acids is 1. The summed E-state index contributed by atoms with van der Waals surface area (Å²) in [5.74, 6) is -0.857. The van der Waals surface area contributed by atoms with E-state index in [-0.39, 0.29) is 11.5 Å². The molecule has 0 fully saturated rings. The molecule has 0 aliphatic carbocycles. The highest BCUT2D eigenvalue weighted by Gasteiger charge is 2.16. The van der Waals surface area contributed by atoms with Gasteiger partial charge in [-0.15, -0.1) is 12.6 Å². The Morgan fingerprint density at radius 1 is 1.44 bits per heavy atom. The topological polar surface area (TPSA) is 20.3 Å². The van der Waals surface area contributed by atoms with Gasteiger partial charge < -0.3 is 4.90 Å². The van der Waals surface area contributed by atoms with Gasteiger partial charge in [0.25, 0.3) is 5.91 Å². The number of nitrogens with zero attached hydrogens (tertiary/aromatic N) is 1. The maximum absolute atomic E-state index is 13.6. The molecule has 0 N–H and O–H groups in total. The molecule has 0 aliphatic rings. The molecule has 0 unspecified atom stereocenters. The van der Waals surface area contributed by atoms with Gasteiger partial charge in [0.2, 0.25) is 0 Å². The van der Waals surface area contributed by atoms with Gasteiger partial charge in [0.15, 0.2) is 0 Å². The van der Waals surface area contributed by atoms with Crippen LogP contribution in [0.2, 0.25) is 0 Å². The second-order valence-corrected chi connectivity index (χ2v) is 5.25. The number of halogens is 1. The van der Waals surface area contributed by atoms with E-state index in [9.17, 15) is 9.18 Å². The Morgan fingerprint density at radius 3 is 2.89 bits per heavy atom. The quantitative estimate of drug-likeness (QED) is 0.854. The molecule has 0 spiro atoms. The third-order valence-electron chi connectivity index (χ3n) is 2.53. The third-order valence-corrected chi connectivity index (χ3v) is 3.54. The lowest BCUT2D eigenvalue weighted by atomic mass is 10.2. The van der Waals surface area contributed by atoms with E-state index in [0.717, 1.165) is 5.56 Å².